The molecular weight excluding hydrogens is 213 g/mol. The number of aliphatic carboxylic acids is 2. The first-order valence-electron chi connectivity index (χ1n) is 3.44. The molecule has 0 unspecified atom stereocenters. The number of rotatable bonds is 3. The van der Waals surface area contributed by atoms with E-state index in [1.54, 1.807) is 0 Å². The van der Waals surface area contributed by atoms with E-state index in [9.17, 15) is 19.8 Å². The summed E-state index contributed by atoms with van der Waals surface area (Å²) in [4.78, 5) is 18.6. The van der Waals surface area contributed by atoms with Crippen molar-refractivity contribution in [2.75, 3.05) is 0 Å². The number of hydrogen-bond donors (Lipinski definition) is 0. The van der Waals surface area contributed by atoms with Gasteiger partial charge in [-0.25, -0.2) is 0 Å². The number of hydrogen-bond acceptors (Lipinski definition) is 4. The normalized spacial score (nSPS) is 7.17. The topological polar surface area (TPSA) is 80.3 Å². The second-order valence-corrected chi connectivity index (χ2v) is 1.92. The molecule has 0 heterocycles. The van der Waals surface area contributed by atoms with Crippen LogP contribution in [0.1, 0.15) is 33.1 Å². The first-order chi connectivity index (χ1) is 5.04. The Labute approximate surface area is 84.7 Å². The Bertz CT molecular complexity index is 111. The standard InChI is InChI=1S/C4H10.C3H4O4.Zn/c1-3-4-2;4-2(5)1-3(6)7;/h3-4H2,1-2H3;1H2,(H,4,5)(H,6,7);/q;;+2/p-2. The van der Waals surface area contributed by atoms with E-state index in [0.717, 1.165) is 0 Å². The molecule has 0 rings (SSSR count). The maximum Gasteiger partial charge on any atom is 2.00 e. The van der Waals surface area contributed by atoms with Gasteiger partial charge in [-0.3, -0.25) is 0 Å². The van der Waals surface area contributed by atoms with Gasteiger partial charge in [0.15, 0.2) is 0 Å². The van der Waals surface area contributed by atoms with E-state index in [1.165, 1.54) is 12.8 Å². The van der Waals surface area contributed by atoms with Crippen molar-refractivity contribution < 1.29 is 39.3 Å². The van der Waals surface area contributed by atoms with Crippen molar-refractivity contribution in [3.63, 3.8) is 0 Å². The molecule has 0 saturated carbocycles. The third-order valence-corrected chi connectivity index (χ3v) is 0.789. The predicted molar refractivity (Wildman–Crippen MR) is 35.2 cm³/mol. The Balaban J connectivity index is -0.000000142. The van der Waals surface area contributed by atoms with Crippen molar-refractivity contribution in [2.24, 2.45) is 0 Å². The van der Waals surface area contributed by atoms with Gasteiger partial charge < -0.3 is 19.8 Å². The molecule has 12 heavy (non-hydrogen) atoms. The molecule has 0 amide bonds. The molecule has 0 aliphatic rings. The molecule has 5 heteroatoms. The second-order valence-electron chi connectivity index (χ2n) is 1.92. The van der Waals surface area contributed by atoms with Gasteiger partial charge in [-0.2, -0.15) is 0 Å². The van der Waals surface area contributed by atoms with E-state index in [2.05, 4.69) is 13.8 Å². The number of carboxylic acid groups (broad SMARTS) is 2. The zero-order valence-corrected chi connectivity index (χ0v) is 10.4. The summed E-state index contributed by atoms with van der Waals surface area (Å²) in [5.74, 6) is -3.25. The smallest absolute Gasteiger partial charge is 0.550 e. The molecule has 0 fully saturated rings. The zero-order valence-electron chi connectivity index (χ0n) is 7.46. The molecule has 0 aromatic heterocycles. The molecule has 0 atom stereocenters. The van der Waals surface area contributed by atoms with Crippen LogP contribution < -0.4 is 10.2 Å². The van der Waals surface area contributed by atoms with Crippen LogP contribution in [0.4, 0.5) is 0 Å². The number of carbonyl (C=O) groups is 2. The van der Waals surface area contributed by atoms with Gasteiger partial charge in [-0.1, -0.05) is 26.7 Å². The Kier molecular flexibility index (Phi) is 19.3. The van der Waals surface area contributed by atoms with Gasteiger partial charge >= 0.3 is 19.5 Å². The van der Waals surface area contributed by atoms with Crippen molar-refractivity contribution in [3.8, 4) is 0 Å². The van der Waals surface area contributed by atoms with Crippen molar-refractivity contribution in [1.82, 2.24) is 0 Å². The molecule has 0 bridgehead atoms. The summed E-state index contributed by atoms with van der Waals surface area (Å²) in [6.07, 6.45) is 1.61. The van der Waals surface area contributed by atoms with Crippen LogP contribution in [0.2, 0.25) is 0 Å². The molecule has 0 saturated heterocycles. The van der Waals surface area contributed by atoms with Crippen LogP contribution in [-0.4, -0.2) is 11.9 Å². The fraction of sp³-hybridized carbons (Fsp3) is 0.714. The Morgan fingerprint density at radius 1 is 1.00 bits per heavy atom. The zero-order chi connectivity index (χ0) is 9.28. The third-order valence-electron chi connectivity index (χ3n) is 0.789. The van der Waals surface area contributed by atoms with E-state index in [1.807, 2.05) is 0 Å². The average molecular weight is 226 g/mol. The Morgan fingerprint density at radius 2 is 1.25 bits per heavy atom. The molecular formula is C7H12O4Zn. The van der Waals surface area contributed by atoms with Gasteiger partial charge in [0.2, 0.25) is 0 Å². The van der Waals surface area contributed by atoms with Gasteiger partial charge in [0.1, 0.15) is 0 Å². The Morgan fingerprint density at radius 3 is 1.25 bits per heavy atom. The van der Waals surface area contributed by atoms with Gasteiger partial charge in [0.05, 0.1) is 0 Å². The summed E-state index contributed by atoms with van der Waals surface area (Å²) in [5, 5.41) is 18.6. The van der Waals surface area contributed by atoms with Crippen LogP contribution >= 0.6 is 0 Å². The molecule has 0 radical (unpaired) electrons. The van der Waals surface area contributed by atoms with Gasteiger partial charge in [-0.15, -0.1) is 0 Å². The summed E-state index contributed by atoms with van der Waals surface area (Å²) in [6, 6.07) is 0. The first-order valence-corrected chi connectivity index (χ1v) is 3.44. The molecule has 66 valence electrons. The quantitative estimate of drug-likeness (QED) is 0.441. The van der Waals surface area contributed by atoms with Crippen molar-refractivity contribution in [1.29, 1.82) is 0 Å². The number of unbranched alkanes of at least 4 members (excludes halogenated alkanes) is 1. The maximum absolute atomic E-state index is 9.28. The van der Waals surface area contributed by atoms with Crippen molar-refractivity contribution in [3.05, 3.63) is 0 Å². The number of carboxylic acids is 2. The minimum atomic E-state index is -1.63. The molecule has 0 aliphatic heterocycles. The van der Waals surface area contributed by atoms with E-state index in [4.69, 9.17) is 0 Å². The summed E-state index contributed by atoms with van der Waals surface area (Å²) in [7, 11) is 0. The van der Waals surface area contributed by atoms with Crippen LogP contribution in [0.15, 0.2) is 0 Å². The minimum absolute atomic E-state index is 0. The SMILES string of the molecule is CCCC.O=C([O-])CC(=O)[O-].[Zn+2]. The van der Waals surface area contributed by atoms with Crippen LogP contribution in [0.3, 0.4) is 0 Å². The fourth-order valence-electron chi connectivity index (χ4n) is 0.118. The molecule has 0 aromatic rings. The van der Waals surface area contributed by atoms with Crippen LogP contribution in [0.5, 0.6) is 0 Å². The monoisotopic (exact) mass is 224 g/mol. The second kappa shape index (κ2) is 13.2. The third kappa shape index (κ3) is 33.7. The Hall–Kier alpha value is -0.437. The first kappa shape index (κ1) is 17.6. The van der Waals surface area contributed by atoms with Crippen LogP contribution in [-0.2, 0) is 29.1 Å². The summed E-state index contributed by atoms with van der Waals surface area (Å²) < 4.78 is 0. The number of carbonyl (C=O) groups excluding carboxylic acids is 2. The maximum atomic E-state index is 9.28. The molecule has 0 spiro atoms. The van der Waals surface area contributed by atoms with Crippen LogP contribution in [0.25, 0.3) is 0 Å². The van der Waals surface area contributed by atoms with E-state index in [-0.39, 0.29) is 19.5 Å². The fourth-order valence-corrected chi connectivity index (χ4v) is 0.118. The summed E-state index contributed by atoms with van der Waals surface area (Å²) in [5.41, 5.74) is 0. The average Bonchev–Trinajstić information content (AvgIpc) is 1.85. The van der Waals surface area contributed by atoms with Gasteiger partial charge in [0.25, 0.3) is 0 Å². The van der Waals surface area contributed by atoms with E-state index < -0.39 is 18.4 Å². The molecule has 0 aliphatic carbocycles. The molecule has 4 nitrogen and oxygen atoms in total. The van der Waals surface area contributed by atoms with Crippen molar-refractivity contribution >= 4 is 11.9 Å². The minimum Gasteiger partial charge on any atom is -0.550 e. The predicted octanol–water partition coefficient (Wildman–Crippen LogP) is -1.32. The summed E-state index contributed by atoms with van der Waals surface area (Å²) >= 11 is 0. The molecule has 0 N–H and O–H groups in total. The summed E-state index contributed by atoms with van der Waals surface area (Å²) in [6.45, 7) is 4.36. The van der Waals surface area contributed by atoms with Crippen LogP contribution in [0, 0.1) is 0 Å². The van der Waals surface area contributed by atoms with Gasteiger partial charge in [0, 0.05) is 18.4 Å². The molecule has 0 aromatic carbocycles. The van der Waals surface area contributed by atoms with Gasteiger partial charge in [-0.05, 0) is 0 Å². The van der Waals surface area contributed by atoms with E-state index in [0.29, 0.717) is 0 Å². The van der Waals surface area contributed by atoms with Crippen molar-refractivity contribution in [2.45, 2.75) is 33.1 Å². The van der Waals surface area contributed by atoms with E-state index >= 15 is 0 Å². The largest absolute Gasteiger partial charge is 2.00 e.